The van der Waals surface area contributed by atoms with E-state index < -0.39 is 0 Å². The van der Waals surface area contributed by atoms with Crippen LogP contribution in [0.5, 0.6) is 0 Å². The van der Waals surface area contributed by atoms with Crippen LogP contribution < -0.4 is 10.9 Å². The maximum absolute atomic E-state index is 11.7. The van der Waals surface area contributed by atoms with Gasteiger partial charge in [-0.15, -0.1) is 11.6 Å². The van der Waals surface area contributed by atoms with Gasteiger partial charge in [0.25, 0.3) is 0 Å². The largest absolute Gasteiger partial charge is 0.326 e. The lowest BCUT2D eigenvalue weighted by Crippen LogP contribution is -2.12. The van der Waals surface area contributed by atoms with Gasteiger partial charge in [0.05, 0.1) is 5.52 Å². The smallest absolute Gasteiger partial charge is 0.248 e. The number of rotatable bonds is 5. The first-order chi connectivity index (χ1) is 9.63. The average molecular weight is 293 g/mol. The van der Waals surface area contributed by atoms with Crippen LogP contribution in [0.15, 0.2) is 29.1 Å². The molecule has 0 unspecified atom stereocenters. The Morgan fingerprint density at radius 1 is 1.35 bits per heavy atom. The second-order valence-electron chi connectivity index (χ2n) is 4.66. The number of aryl methyl sites for hydroxylation is 1. The highest BCUT2D eigenvalue weighted by Gasteiger charge is 2.06. The number of H-pyrrole nitrogens is 1. The van der Waals surface area contributed by atoms with Gasteiger partial charge >= 0.3 is 0 Å². The molecule has 0 aliphatic rings. The molecule has 4 nitrogen and oxygen atoms in total. The first kappa shape index (κ1) is 14.6. The van der Waals surface area contributed by atoms with Crippen molar-refractivity contribution >= 4 is 34.1 Å². The summed E-state index contributed by atoms with van der Waals surface area (Å²) in [5.74, 6) is 0.156. The number of carbonyl (C=O) groups is 1. The molecule has 2 N–H and O–H groups in total. The van der Waals surface area contributed by atoms with E-state index in [9.17, 15) is 9.59 Å². The summed E-state index contributed by atoms with van der Waals surface area (Å²) in [4.78, 5) is 26.0. The highest BCUT2D eigenvalue weighted by atomic mass is 35.5. The lowest BCUT2D eigenvalue weighted by molar-refractivity contribution is -0.115. The minimum atomic E-state index is -0.133. The Kier molecular flexibility index (Phi) is 4.79. The highest BCUT2D eigenvalue weighted by molar-refractivity contribution is 6.19. The number of fused-ring (bicyclic) bond motifs is 1. The molecule has 1 aromatic heterocycles. The molecule has 1 heterocycles. The normalized spacial score (nSPS) is 10.7. The van der Waals surface area contributed by atoms with E-state index in [1.165, 1.54) is 0 Å². The van der Waals surface area contributed by atoms with Crippen molar-refractivity contribution in [3.05, 3.63) is 40.2 Å². The van der Waals surface area contributed by atoms with Crippen molar-refractivity contribution in [1.29, 1.82) is 0 Å². The number of amides is 1. The van der Waals surface area contributed by atoms with Gasteiger partial charge in [-0.1, -0.05) is 19.4 Å². The van der Waals surface area contributed by atoms with Gasteiger partial charge in [-0.05, 0) is 24.1 Å². The van der Waals surface area contributed by atoms with Crippen LogP contribution in [0.4, 0.5) is 5.69 Å². The second-order valence-corrected chi connectivity index (χ2v) is 5.03. The number of nitrogens with one attached hydrogen (secondary N) is 2. The number of benzene rings is 1. The molecule has 0 aliphatic heterocycles. The maximum Gasteiger partial charge on any atom is 0.248 e. The number of alkyl halides is 1. The van der Waals surface area contributed by atoms with E-state index in [1.54, 1.807) is 12.1 Å². The van der Waals surface area contributed by atoms with E-state index in [0.29, 0.717) is 5.69 Å². The van der Waals surface area contributed by atoms with E-state index in [2.05, 4.69) is 17.2 Å². The maximum atomic E-state index is 11.7. The van der Waals surface area contributed by atoms with Gasteiger partial charge in [0.1, 0.15) is 0 Å². The summed E-state index contributed by atoms with van der Waals surface area (Å²) < 4.78 is 0. The number of pyridine rings is 1. The molecular weight excluding hydrogens is 276 g/mol. The molecule has 106 valence electrons. The third-order valence-corrected chi connectivity index (χ3v) is 3.24. The van der Waals surface area contributed by atoms with Crippen molar-refractivity contribution in [3.63, 3.8) is 0 Å². The van der Waals surface area contributed by atoms with Crippen LogP contribution in [0.25, 0.3) is 10.9 Å². The zero-order valence-electron chi connectivity index (χ0n) is 11.3. The number of aromatic amines is 1. The van der Waals surface area contributed by atoms with Crippen molar-refractivity contribution in [3.8, 4) is 0 Å². The van der Waals surface area contributed by atoms with Gasteiger partial charge in [0, 0.05) is 29.4 Å². The van der Waals surface area contributed by atoms with E-state index in [0.717, 1.165) is 29.3 Å². The van der Waals surface area contributed by atoms with Gasteiger partial charge in [-0.2, -0.15) is 0 Å². The first-order valence-corrected chi connectivity index (χ1v) is 7.19. The Bertz CT molecular complexity index is 679. The summed E-state index contributed by atoms with van der Waals surface area (Å²) in [5, 5.41) is 3.78. The summed E-state index contributed by atoms with van der Waals surface area (Å²) in [6.45, 7) is 2.08. The Balaban J connectivity index is 2.39. The number of hydrogen-bond acceptors (Lipinski definition) is 2. The topological polar surface area (TPSA) is 62.0 Å². The Hall–Kier alpha value is -1.81. The monoisotopic (exact) mass is 292 g/mol. The van der Waals surface area contributed by atoms with E-state index in [4.69, 9.17) is 11.6 Å². The van der Waals surface area contributed by atoms with Crippen LogP contribution in [0, 0.1) is 0 Å². The number of anilines is 1. The van der Waals surface area contributed by atoms with Crippen LogP contribution in [0.1, 0.15) is 25.3 Å². The molecular formula is C15H17ClN2O2. The summed E-state index contributed by atoms with van der Waals surface area (Å²) in [6, 6.07) is 7.18. The number of halogens is 1. The molecule has 0 atom stereocenters. The SMILES string of the molecule is CCCc1cc(=O)[nH]c2cc(NC(=O)CCCl)ccc12. The molecule has 0 spiro atoms. The summed E-state index contributed by atoms with van der Waals surface area (Å²) in [7, 11) is 0. The zero-order chi connectivity index (χ0) is 14.5. The summed E-state index contributed by atoms with van der Waals surface area (Å²) in [5.41, 5.74) is 2.32. The predicted octanol–water partition coefficient (Wildman–Crippen LogP) is 3.05. The molecule has 0 aliphatic carbocycles. The molecule has 0 saturated heterocycles. The molecule has 5 heteroatoms. The molecule has 1 amide bonds. The Morgan fingerprint density at radius 3 is 2.85 bits per heavy atom. The van der Waals surface area contributed by atoms with Crippen molar-refractivity contribution in [2.45, 2.75) is 26.2 Å². The molecule has 1 aromatic carbocycles. The molecule has 0 bridgehead atoms. The zero-order valence-corrected chi connectivity index (χ0v) is 12.1. The number of hydrogen-bond donors (Lipinski definition) is 2. The van der Waals surface area contributed by atoms with Gasteiger partial charge in [-0.25, -0.2) is 0 Å². The highest BCUT2D eigenvalue weighted by Crippen LogP contribution is 2.20. The minimum Gasteiger partial charge on any atom is -0.326 e. The van der Waals surface area contributed by atoms with Gasteiger partial charge in [0.15, 0.2) is 0 Å². The third kappa shape index (κ3) is 3.39. The van der Waals surface area contributed by atoms with Crippen molar-refractivity contribution in [2.75, 3.05) is 11.2 Å². The Labute approximate surface area is 122 Å². The second kappa shape index (κ2) is 6.57. The van der Waals surface area contributed by atoms with Gasteiger partial charge in [0.2, 0.25) is 11.5 Å². The van der Waals surface area contributed by atoms with E-state index in [1.807, 2.05) is 12.1 Å². The lowest BCUT2D eigenvalue weighted by Gasteiger charge is -2.08. The van der Waals surface area contributed by atoms with Crippen LogP contribution in [-0.4, -0.2) is 16.8 Å². The fraction of sp³-hybridized carbons (Fsp3) is 0.333. The van der Waals surface area contributed by atoms with E-state index >= 15 is 0 Å². The summed E-state index contributed by atoms with van der Waals surface area (Å²) >= 11 is 5.53. The molecule has 20 heavy (non-hydrogen) atoms. The molecule has 2 rings (SSSR count). The van der Waals surface area contributed by atoms with Gasteiger partial charge < -0.3 is 10.3 Å². The standard InChI is InChI=1S/C15H17ClN2O2/c1-2-3-10-8-15(20)18-13-9-11(4-5-12(10)13)17-14(19)6-7-16/h4-5,8-9H,2-3,6-7H2,1H3,(H,17,19)(H,18,20). The number of carbonyl (C=O) groups excluding carboxylic acids is 1. The van der Waals surface area contributed by atoms with Crippen molar-refractivity contribution < 1.29 is 4.79 Å². The fourth-order valence-corrected chi connectivity index (χ4v) is 2.37. The van der Waals surface area contributed by atoms with E-state index in [-0.39, 0.29) is 23.8 Å². The fourth-order valence-electron chi connectivity index (χ4n) is 2.20. The quantitative estimate of drug-likeness (QED) is 0.832. The summed E-state index contributed by atoms with van der Waals surface area (Å²) in [6.07, 6.45) is 2.11. The van der Waals surface area contributed by atoms with Crippen molar-refractivity contribution in [1.82, 2.24) is 4.98 Å². The average Bonchev–Trinajstić information content (AvgIpc) is 2.38. The minimum absolute atomic E-state index is 0.120. The first-order valence-electron chi connectivity index (χ1n) is 6.66. The van der Waals surface area contributed by atoms with Crippen LogP contribution >= 0.6 is 11.6 Å². The lowest BCUT2D eigenvalue weighted by atomic mass is 10.0. The predicted molar refractivity (Wildman–Crippen MR) is 82.5 cm³/mol. The Morgan fingerprint density at radius 2 is 2.15 bits per heavy atom. The molecule has 0 saturated carbocycles. The van der Waals surface area contributed by atoms with Crippen LogP contribution in [0.2, 0.25) is 0 Å². The third-order valence-electron chi connectivity index (χ3n) is 3.05. The molecule has 0 radical (unpaired) electrons. The molecule has 2 aromatic rings. The van der Waals surface area contributed by atoms with Gasteiger partial charge in [-0.3, -0.25) is 9.59 Å². The van der Waals surface area contributed by atoms with Crippen LogP contribution in [-0.2, 0) is 11.2 Å². The van der Waals surface area contributed by atoms with Crippen molar-refractivity contribution in [2.24, 2.45) is 0 Å². The molecule has 0 fully saturated rings. The van der Waals surface area contributed by atoms with Crippen LogP contribution in [0.3, 0.4) is 0 Å². The number of aromatic nitrogens is 1.